The molecular weight excluding hydrogens is 436 g/mol. The quantitative estimate of drug-likeness (QED) is 0.434. The van der Waals surface area contributed by atoms with Crippen molar-refractivity contribution in [2.45, 2.75) is 99.4 Å². The zero-order valence-electron chi connectivity index (χ0n) is 19.3. The fourth-order valence-corrected chi connectivity index (χ4v) is 13.2. The van der Waals surface area contributed by atoms with E-state index in [0.717, 1.165) is 61.4 Å². The second-order valence-electron chi connectivity index (χ2n) is 12.9. The topological polar surface area (TPSA) is 40.6 Å². The highest BCUT2D eigenvalue weighted by molar-refractivity contribution is 8.15. The molecule has 0 aromatic carbocycles. The fourth-order valence-electron chi connectivity index (χ4n) is 9.93. The smallest absolute Gasteiger partial charge is 0.260 e. The molecule has 0 unspecified atom stereocenters. The summed E-state index contributed by atoms with van der Waals surface area (Å²) >= 11 is 3.28. The van der Waals surface area contributed by atoms with Crippen molar-refractivity contribution in [1.29, 1.82) is 0 Å². The third-order valence-electron chi connectivity index (χ3n) is 10.3. The molecule has 0 aromatic heterocycles. The van der Waals surface area contributed by atoms with Crippen LogP contribution in [0.1, 0.15) is 89.9 Å². The van der Waals surface area contributed by atoms with Crippen LogP contribution in [0.3, 0.4) is 0 Å². The van der Waals surface area contributed by atoms with E-state index in [1.54, 1.807) is 23.5 Å². The van der Waals surface area contributed by atoms with Gasteiger partial charge in [-0.05, 0) is 125 Å². The second-order valence-corrected chi connectivity index (χ2v) is 15.7. The summed E-state index contributed by atoms with van der Waals surface area (Å²) in [5, 5.41) is 4.10. The molecule has 9 aliphatic rings. The summed E-state index contributed by atoms with van der Waals surface area (Å²) < 4.78 is 0.343. The summed E-state index contributed by atoms with van der Waals surface area (Å²) in [5.41, 5.74) is 0. The van der Waals surface area contributed by atoms with Crippen LogP contribution in [0.4, 0.5) is 9.59 Å². The lowest BCUT2D eigenvalue weighted by Crippen LogP contribution is -2.55. The van der Waals surface area contributed by atoms with E-state index in [1.165, 1.54) is 77.0 Å². The molecule has 0 radical (unpaired) electrons. The highest BCUT2D eigenvalue weighted by Gasteiger charge is 2.54. The van der Waals surface area contributed by atoms with Gasteiger partial charge in [-0.1, -0.05) is 23.5 Å². The number of carbonyl (C=O) groups is 2. The van der Waals surface area contributed by atoms with Gasteiger partial charge in [0.05, 0.1) is 0 Å². The van der Waals surface area contributed by atoms with Crippen LogP contribution in [0.5, 0.6) is 0 Å². The molecule has 9 rings (SSSR count). The Morgan fingerprint density at radius 3 is 1.09 bits per heavy atom. The Morgan fingerprint density at radius 1 is 0.531 bits per heavy atom. The van der Waals surface area contributed by atoms with Crippen LogP contribution in [0.25, 0.3) is 0 Å². The molecule has 2 amide bonds. The van der Waals surface area contributed by atoms with Crippen LogP contribution < -0.4 is 0 Å². The van der Waals surface area contributed by atoms with E-state index in [2.05, 4.69) is 0 Å². The molecule has 6 heteroatoms. The summed E-state index contributed by atoms with van der Waals surface area (Å²) in [5.74, 6) is 5.12. The predicted molar refractivity (Wildman–Crippen MR) is 130 cm³/mol. The lowest BCUT2D eigenvalue weighted by molar-refractivity contribution is 0.0326. The molecule has 32 heavy (non-hydrogen) atoms. The van der Waals surface area contributed by atoms with E-state index in [1.807, 2.05) is 10.0 Å². The third-order valence-corrected chi connectivity index (χ3v) is 12.9. The SMILES string of the molecule is O=C(SC12CC3CC(CC(C3)C1)C2)N1CCCCN1C(=O)SC12CC3CC(CC(C3)C1)C2. The van der Waals surface area contributed by atoms with Crippen LogP contribution in [0.2, 0.25) is 0 Å². The van der Waals surface area contributed by atoms with E-state index >= 15 is 0 Å². The number of carbonyl (C=O) groups excluding carboxylic acids is 2. The van der Waals surface area contributed by atoms with Crippen LogP contribution in [-0.2, 0) is 0 Å². The van der Waals surface area contributed by atoms with Gasteiger partial charge >= 0.3 is 10.5 Å². The van der Waals surface area contributed by atoms with E-state index in [0.29, 0.717) is 0 Å². The Morgan fingerprint density at radius 2 is 0.812 bits per heavy atom. The average molecular weight is 475 g/mol. The standard InChI is InChI=1S/C26H38N2O2S2/c29-23(31-25-11-17-5-18(12-25)7-19(6-17)13-25)27-3-1-2-4-28(27)24(30)32-26-14-20-8-21(15-26)10-22(9-20)16-26/h17-22H,1-16H2. The van der Waals surface area contributed by atoms with Crippen LogP contribution in [-0.4, -0.2) is 43.1 Å². The Kier molecular flexibility index (Phi) is 4.96. The van der Waals surface area contributed by atoms with E-state index in [4.69, 9.17) is 0 Å². The van der Waals surface area contributed by atoms with Crippen molar-refractivity contribution in [1.82, 2.24) is 10.0 Å². The first-order valence-corrected chi connectivity index (χ1v) is 15.1. The minimum absolute atomic E-state index is 0.172. The Balaban J connectivity index is 1.06. The molecule has 8 aliphatic carbocycles. The van der Waals surface area contributed by atoms with Gasteiger partial charge in [0.1, 0.15) is 0 Å². The normalized spacial score (nSPS) is 48.5. The minimum atomic E-state index is 0.172. The number of rotatable bonds is 2. The van der Waals surface area contributed by atoms with Crippen molar-refractivity contribution < 1.29 is 9.59 Å². The second kappa shape index (κ2) is 7.57. The van der Waals surface area contributed by atoms with Gasteiger partial charge in [-0.15, -0.1) is 0 Å². The molecule has 8 bridgehead atoms. The molecule has 0 N–H and O–H groups in total. The predicted octanol–water partition coefficient (Wildman–Crippen LogP) is 6.94. The van der Waals surface area contributed by atoms with E-state index in [9.17, 15) is 9.59 Å². The molecule has 0 atom stereocenters. The molecule has 0 aromatic rings. The molecule has 8 saturated carbocycles. The highest BCUT2D eigenvalue weighted by atomic mass is 32.2. The minimum Gasteiger partial charge on any atom is -0.260 e. The van der Waals surface area contributed by atoms with Gasteiger partial charge in [-0.2, -0.15) is 0 Å². The van der Waals surface area contributed by atoms with Crippen molar-refractivity contribution in [3.8, 4) is 0 Å². The molecule has 176 valence electrons. The number of thioether (sulfide) groups is 2. The fraction of sp³-hybridized carbons (Fsp3) is 0.923. The van der Waals surface area contributed by atoms with Gasteiger partial charge < -0.3 is 0 Å². The average Bonchev–Trinajstić information content (AvgIpc) is 2.71. The largest absolute Gasteiger partial charge is 0.300 e. The van der Waals surface area contributed by atoms with Crippen LogP contribution in [0.15, 0.2) is 0 Å². The first kappa shape index (κ1) is 21.0. The summed E-state index contributed by atoms with van der Waals surface area (Å²) in [4.78, 5) is 27.3. The van der Waals surface area contributed by atoms with Crippen LogP contribution >= 0.6 is 23.5 Å². The van der Waals surface area contributed by atoms with Crippen molar-refractivity contribution in [3.05, 3.63) is 0 Å². The number of hydrazine groups is 1. The van der Waals surface area contributed by atoms with Gasteiger partial charge in [-0.3, -0.25) is 9.59 Å². The molecule has 1 aliphatic heterocycles. The summed E-state index contributed by atoms with van der Waals surface area (Å²) in [7, 11) is 0. The van der Waals surface area contributed by atoms with Crippen molar-refractivity contribution in [3.63, 3.8) is 0 Å². The monoisotopic (exact) mass is 474 g/mol. The van der Waals surface area contributed by atoms with Gasteiger partial charge in [0.2, 0.25) is 0 Å². The maximum absolute atomic E-state index is 13.6. The number of hydrogen-bond donors (Lipinski definition) is 0. The third kappa shape index (κ3) is 3.56. The lowest BCUT2D eigenvalue weighted by atomic mass is 9.56. The van der Waals surface area contributed by atoms with Crippen molar-refractivity contribution in [2.24, 2.45) is 35.5 Å². The Labute approximate surface area is 201 Å². The number of amides is 2. The zero-order chi connectivity index (χ0) is 21.5. The van der Waals surface area contributed by atoms with Crippen LogP contribution in [0, 0.1) is 35.5 Å². The zero-order valence-corrected chi connectivity index (χ0v) is 20.9. The van der Waals surface area contributed by atoms with Gasteiger partial charge in [-0.25, -0.2) is 10.0 Å². The lowest BCUT2D eigenvalue weighted by Gasteiger charge is -2.57. The molecular formula is C26H38N2O2S2. The number of hydrogen-bond acceptors (Lipinski definition) is 4. The summed E-state index contributed by atoms with van der Waals surface area (Å²) in [6, 6.07) is 0. The number of nitrogens with zero attached hydrogens (tertiary/aromatic N) is 2. The van der Waals surface area contributed by atoms with Gasteiger partial charge in [0, 0.05) is 22.6 Å². The molecule has 0 spiro atoms. The Hall–Kier alpha value is -0.360. The molecule has 1 heterocycles. The van der Waals surface area contributed by atoms with Gasteiger partial charge in [0.15, 0.2) is 0 Å². The first-order chi connectivity index (χ1) is 15.5. The van der Waals surface area contributed by atoms with E-state index in [-0.39, 0.29) is 20.0 Å². The summed E-state index contributed by atoms with van der Waals surface area (Å²) in [6.45, 7) is 1.46. The highest BCUT2D eigenvalue weighted by Crippen LogP contribution is 2.62. The Bertz CT molecular complexity index is 677. The maximum atomic E-state index is 13.6. The molecule has 4 nitrogen and oxygen atoms in total. The van der Waals surface area contributed by atoms with Gasteiger partial charge in [0.25, 0.3) is 0 Å². The maximum Gasteiger partial charge on any atom is 0.300 e. The van der Waals surface area contributed by atoms with Crippen molar-refractivity contribution in [2.75, 3.05) is 13.1 Å². The van der Waals surface area contributed by atoms with E-state index < -0.39 is 0 Å². The summed E-state index contributed by atoms with van der Waals surface area (Å²) in [6.07, 6.45) is 17.9. The molecule has 9 fully saturated rings. The van der Waals surface area contributed by atoms with Crippen molar-refractivity contribution >= 4 is 34.0 Å². The first-order valence-electron chi connectivity index (χ1n) is 13.5. The molecule has 1 saturated heterocycles.